The van der Waals surface area contributed by atoms with Crippen molar-refractivity contribution in [3.8, 4) is 5.75 Å². The van der Waals surface area contributed by atoms with Crippen LogP contribution in [0.15, 0.2) is 30.3 Å². The van der Waals surface area contributed by atoms with Crippen molar-refractivity contribution in [3.63, 3.8) is 0 Å². The third-order valence-electron chi connectivity index (χ3n) is 7.06. The van der Waals surface area contributed by atoms with Gasteiger partial charge < -0.3 is 19.7 Å². The lowest BCUT2D eigenvalue weighted by atomic mass is 9.93. The fourth-order valence-corrected chi connectivity index (χ4v) is 5.06. The first kappa shape index (κ1) is 25.7. The fourth-order valence-electron chi connectivity index (χ4n) is 5.06. The van der Waals surface area contributed by atoms with Crippen molar-refractivity contribution in [2.24, 2.45) is 0 Å². The highest BCUT2D eigenvalue weighted by molar-refractivity contribution is 6.01. The van der Waals surface area contributed by atoms with Crippen LogP contribution in [0.4, 0.5) is 0 Å². The maximum atomic E-state index is 13.8. The van der Waals surface area contributed by atoms with E-state index in [0.29, 0.717) is 12.4 Å². The molecule has 0 saturated heterocycles. The minimum Gasteiger partial charge on any atom is -0.494 e. The Hall–Kier alpha value is -3.36. The SMILES string of the molecule is CCOC(=O)c1cc2n(n1)C[C@](C)(C(=O)NC1CCCCCC1)N(Cc1ccccc1OCC)C2=O. The van der Waals surface area contributed by atoms with Gasteiger partial charge in [0.2, 0.25) is 5.91 Å². The van der Waals surface area contributed by atoms with Crippen LogP contribution in [0.2, 0.25) is 0 Å². The number of aromatic nitrogens is 2. The molecular formula is C27H36N4O5. The summed E-state index contributed by atoms with van der Waals surface area (Å²) in [6, 6.07) is 9.06. The van der Waals surface area contributed by atoms with Gasteiger partial charge >= 0.3 is 5.97 Å². The van der Waals surface area contributed by atoms with E-state index in [1.807, 2.05) is 31.2 Å². The van der Waals surface area contributed by atoms with Crippen LogP contribution >= 0.6 is 0 Å². The molecule has 9 nitrogen and oxygen atoms in total. The summed E-state index contributed by atoms with van der Waals surface area (Å²) in [5, 5.41) is 7.57. The Balaban J connectivity index is 1.70. The van der Waals surface area contributed by atoms with Gasteiger partial charge in [-0.25, -0.2) is 4.79 Å². The number of nitrogens with zero attached hydrogens (tertiary/aromatic N) is 3. The van der Waals surface area contributed by atoms with Gasteiger partial charge in [0.15, 0.2) is 5.69 Å². The summed E-state index contributed by atoms with van der Waals surface area (Å²) in [6.07, 6.45) is 6.38. The lowest BCUT2D eigenvalue weighted by Crippen LogP contribution is -2.64. The smallest absolute Gasteiger partial charge is 0.358 e. The molecule has 2 aliphatic rings. The summed E-state index contributed by atoms with van der Waals surface area (Å²) in [4.78, 5) is 41.6. The van der Waals surface area contributed by atoms with E-state index >= 15 is 0 Å². The highest BCUT2D eigenvalue weighted by Crippen LogP contribution is 2.32. The fraction of sp³-hybridized carbons (Fsp3) is 0.556. The second-order valence-electron chi connectivity index (χ2n) is 9.66. The average molecular weight is 497 g/mol. The van der Waals surface area contributed by atoms with Crippen molar-refractivity contribution in [1.29, 1.82) is 0 Å². The molecule has 1 aliphatic carbocycles. The summed E-state index contributed by atoms with van der Waals surface area (Å²) in [5.41, 5.74) is -0.0945. The van der Waals surface area contributed by atoms with Crippen molar-refractivity contribution < 1.29 is 23.9 Å². The van der Waals surface area contributed by atoms with Gasteiger partial charge in [0.1, 0.15) is 17.0 Å². The van der Waals surface area contributed by atoms with Crippen LogP contribution in [0.1, 0.15) is 85.8 Å². The van der Waals surface area contributed by atoms with Gasteiger partial charge in [-0.2, -0.15) is 5.10 Å². The van der Waals surface area contributed by atoms with Gasteiger partial charge in [0.25, 0.3) is 5.91 Å². The number of hydrogen-bond acceptors (Lipinski definition) is 6. The molecule has 2 amide bonds. The number of rotatable bonds is 8. The molecule has 9 heteroatoms. The molecule has 1 saturated carbocycles. The second-order valence-corrected chi connectivity index (χ2v) is 9.66. The Morgan fingerprint density at radius 2 is 1.83 bits per heavy atom. The van der Waals surface area contributed by atoms with Crippen LogP contribution in [-0.2, 0) is 22.6 Å². The molecule has 1 atom stereocenters. The number of nitrogens with one attached hydrogen (secondary N) is 1. The molecule has 1 aliphatic heterocycles. The van der Waals surface area contributed by atoms with Gasteiger partial charge in [-0.05, 0) is 39.7 Å². The van der Waals surface area contributed by atoms with Crippen molar-refractivity contribution in [2.75, 3.05) is 13.2 Å². The Morgan fingerprint density at radius 1 is 1.11 bits per heavy atom. The Kier molecular flexibility index (Phi) is 7.96. The molecule has 4 rings (SSSR count). The second kappa shape index (κ2) is 11.1. The molecule has 194 valence electrons. The van der Waals surface area contributed by atoms with Crippen molar-refractivity contribution in [3.05, 3.63) is 47.3 Å². The summed E-state index contributed by atoms with van der Waals surface area (Å²) in [5.74, 6) is -0.500. The lowest BCUT2D eigenvalue weighted by molar-refractivity contribution is -0.134. The predicted molar refractivity (Wildman–Crippen MR) is 134 cm³/mol. The molecule has 0 unspecified atom stereocenters. The van der Waals surface area contributed by atoms with E-state index in [0.717, 1.165) is 31.2 Å². The van der Waals surface area contributed by atoms with Crippen LogP contribution < -0.4 is 10.1 Å². The monoisotopic (exact) mass is 496 g/mol. The van der Waals surface area contributed by atoms with E-state index in [4.69, 9.17) is 9.47 Å². The molecular weight excluding hydrogens is 460 g/mol. The highest BCUT2D eigenvalue weighted by atomic mass is 16.5. The van der Waals surface area contributed by atoms with Gasteiger partial charge in [-0.3, -0.25) is 14.3 Å². The third-order valence-corrected chi connectivity index (χ3v) is 7.06. The summed E-state index contributed by atoms with van der Waals surface area (Å²) in [6.45, 7) is 6.40. The number of fused-ring (bicyclic) bond motifs is 1. The summed E-state index contributed by atoms with van der Waals surface area (Å²) < 4.78 is 12.3. The zero-order chi connectivity index (χ0) is 25.7. The number of carbonyl (C=O) groups excluding carboxylic acids is 3. The number of carbonyl (C=O) groups is 3. The average Bonchev–Trinajstić information content (AvgIpc) is 3.12. The van der Waals surface area contributed by atoms with Crippen LogP contribution in [0.5, 0.6) is 5.75 Å². The highest BCUT2D eigenvalue weighted by Gasteiger charge is 2.49. The van der Waals surface area contributed by atoms with Crippen LogP contribution in [-0.4, -0.2) is 57.3 Å². The Labute approximate surface area is 212 Å². The summed E-state index contributed by atoms with van der Waals surface area (Å²) >= 11 is 0. The number of para-hydroxylation sites is 1. The van der Waals surface area contributed by atoms with Gasteiger partial charge in [0, 0.05) is 17.7 Å². The predicted octanol–water partition coefficient (Wildman–Crippen LogP) is 3.71. The standard InChI is InChI=1S/C27H36N4O5/c1-4-35-23-15-11-10-12-19(23)17-30-24(32)22-16-21(25(33)36-5-2)29-31(22)18-27(30,3)26(34)28-20-13-8-6-7-9-14-20/h10-12,15-16,20H,4-9,13-14,17-18H2,1-3H3,(H,28,34)/t27-/m1/s1. The van der Waals surface area contributed by atoms with Crippen LogP contribution in [0, 0.1) is 0 Å². The maximum absolute atomic E-state index is 13.8. The topological polar surface area (TPSA) is 103 Å². The molecule has 1 fully saturated rings. The number of hydrogen-bond donors (Lipinski definition) is 1. The minimum atomic E-state index is -1.21. The largest absolute Gasteiger partial charge is 0.494 e. The van der Waals surface area contributed by atoms with Crippen molar-refractivity contribution >= 4 is 17.8 Å². The lowest BCUT2D eigenvalue weighted by Gasteiger charge is -2.44. The van der Waals surface area contributed by atoms with E-state index in [1.54, 1.807) is 18.7 Å². The molecule has 0 spiro atoms. The van der Waals surface area contributed by atoms with Crippen LogP contribution in [0.25, 0.3) is 0 Å². The van der Waals surface area contributed by atoms with E-state index in [9.17, 15) is 14.4 Å². The van der Waals surface area contributed by atoms with E-state index in [1.165, 1.54) is 23.6 Å². The molecule has 2 aromatic rings. The number of benzene rings is 1. The van der Waals surface area contributed by atoms with Gasteiger partial charge in [-0.1, -0.05) is 43.9 Å². The summed E-state index contributed by atoms with van der Waals surface area (Å²) in [7, 11) is 0. The van der Waals surface area contributed by atoms with Crippen molar-refractivity contribution in [2.45, 2.75) is 84.0 Å². The molecule has 0 bridgehead atoms. The number of esters is 1. The first-order valence-corrected chi connectivity index (χ1v) is 13.0. The van der Waals surface area contributed by atoms with E-state index in [-0.39, 0.29) is 48.9 Å². The normalized spacial score (nSPS) is 20.4. The van der Waals surface area contributed by atoms with Crippen molar-refractivity contribution in [1.82, 2.24) is 20.0 Å². The molecule has 36 heavy (non-hydrogen) atoms. The molecule has 1 aromatic heterocycles. The van der Waals surface area contributed by atoms with Gasteiger partial charge in [-0.15, -0.1) is 0 Å². The number of amides is 2. The maximum Gasteiger partial charge on any atom is 0.358 e. The van der Waals surface area contributed by atoms with Crippen LogP contribution in [0.3, 0.4) is 0 Å². The molecule has 1 N–H and O–H groups in total. The molecule has 2 heterocycles. The first-order chi connectivity index (χ1) is 17.4. The van der Waals surface area contributed by atoms with E-state index < -0.39 is 11.5 Å². The third kappa shape index (κ3) is 5.24. The zero-order valence-corrected chi connectivity index (χ0v) is 21.4. The molecule has 0 radical (unpaired) electrons. The Morgan fingerprint density at radius 3 is 2.53 bits per heavy atom. The zero-order valence-electron chi connectivity index (χ0n) is 21.4. The number of ether oxygens (including phenoxy) is 2. The molecule has 1 aromatic carbocycles. The Bertz CT molecular complexity index is 1110. The first-order valence-electron chi connectivity index (χ1n) is 13.0. The quantitative estimate of drug-likeness (QED) is 0.442. The van der Waals surface area contributed by atoms with Gasteiger partial charge in [0.05, 0.1) is 26.3 Å². The minimum absolute atomic E-state index is 0.0586. The van der Waals surface area contributed by atoms with E-state index in [2.05, 4.69) is 10.4 Å².